The van der Waals surface area contributed by atoms with Crippen LogP contribution in [0.2, 0.25) is 0 Å². The Hall–Kier alpha value is -2.50. The molecule has 2 N–H and O–H groups in total. The molecule has 4 rings (SSSR count). The van der Waals surface area contributed by atoms with E-state index in [1.165, 1.54) is 16.9 Å². The summed E-state index contributed by atoms with van der Waals surface area (Å²) in [5.74, 6) is 3.02. The van der Waals surface area contributed by atoms with Gasteiger partial charge in [-0.1, -0.05) is 36.3 Å². The zero-order chi connectivity index (χ0) is 21.6. The fourth-order valence-corrected chi connectivity index (χ4v) is 5.41. The number of hydrogen-bond donors (Lipinski definition) is 2. The molecule has 31 heavy (non-hydrogen) atoms. The lowest BCUT2D eigenvalue weighted by Crippen LogP contribution is -2.35. The van der Waals surface area contributed by atoms with Gasteiger partial charge >= 0.3 is 0 Å². The molecule has 3 aromatic rings. The Morgan fingerprint density at radius 2 is 2.06 bits per heavy atom. The third kappa shape index (κ3) is 5.41. The van der Waals surface area contributed by atoms with Crippen molar-refractivity contribution in [3.8, 4) is 12.3 Å². The summed E-state index contributed by atoms with van der Waals surface area (Å²) in [5, 5.41) is 11.2. The van der Waals surface area contributed by atoms with Gasteiger partial charge < -0.3 is 14.8 Å². The van der Waals surface area contributed by atoms with Gasteiger partial charge in [-0.3, -0.25) is 9.69 Å². The number of H-pyrrole nitrogens is 1. The van der Waals surface area contributed by atoms with Gasteiger partial charge in [-0.25, -0.2) is 4.98 Å². The van der Waals surface area contributed by atoms with Crippen LogP contribution in [0.4, 0.5) is 0 Å². The number of nitrogens with zero attached hydrogens (tertiary/aromatic N) is 2. The minimum absolute atomic E-state index is 0.0584. The molecule has 1 aromatic carbocycles. The molecule has 0 bridgehead atoms. The standard InChI is InChI=1S/C24H27N3O3S/c1-2-12-30-16-18(28)14-27(13-17-8-4-3-5-9-17)15-21-25-23(29)22-19-10-6-7-11-20(19)31-24(22)26-21/h1,3-5,8-9,18,28H,6-7,10-16H2,(H,25,26,29)/t18-/m0/s1. The summed E-state index contributed by atoms with van der Waals surface area (Å²) in [5.41, 5.74) is 2.25. The lowest BCUT2D eigenvalue weighted by atomic mass is 9.97. The second-order valence-electron chi connectivity index (χ2n) is 7.93. The average molecular weight is 438 g/mol. The van der Waals surface area contributed by atoms with Gasteiger partial charge in [0.1, 0.15) is 17.3 Å². The van der Waals surface area contributed by atoms with Crippen LogP contribution in [0.25, 0.3) is 10.2 Å². The van der Waals surface area contributed by atoms with E-state index in [1.807, 2.05) is 30.3 Å². The molecule has 0 spiro atoms. The molecule has 2 heterocycles. The van der Waals surface area contributed by atoms with Gasteiger partial charge in [0.25, 0.3) is 5.56 Å². The van der Waals surface area contributed by atoms with E-state index in [0.717, 1.165) is 35.0 Å². The number of benzene rings is 1. The Kier molecular flexibility index (Phi) is 7.15. The summed E-state index contributed by atoms with van der Waals surface area (Å²) >= 11 is 1.65. The molecular formula is C24H27N3O3S. The predicted molar refractivity (Wildman–Crippen MR) is 123 cm³/mol. The number of ether oxygens (including phenoxy) is 1. The van der Waals surface area contributed by atoms with Crippen molar-refractivity contribution < 1.29 is 9.84 Å². The Labute approximate surface area is 185 Å². The van der Waals surface area contributed by atoms with E-state index in [9.17, 15) is 9.90 Å². The maximum absolute atomic E-state index is 12.9. The number of aryl methyl sites for hydroxylation is 2. The maximum Gasteiger partial charge on any atom is 0.259 e. The lowest BCUT2D eigenvalue weighted by molar-refractivity contribution is 0.0238. The number of thiophene rings is 1. The number of aliphatic hydroxyl groups excluding tert-OH is 1. The number of aromatic nitrogens is 2. The normalized spacial score (nSPS) is 14.5. The molecule has 0 saturated carbocycles. The van der Waals surface area contributed by atoms with Crippen LogP contribution in [0, 0.1) is 12.3 Å². The largest absolute Gasteiger partial charge is 0.389 e. The number of aromatic amines is 1. The van der Waals surface area contributed by atoms with Gasteiger partial charge in [-0.05, 0) is 36.8 Å². The van der Waals surface area contributed by atoms with Crippen LogP contribution >= 0.6 is 11.3 Å². The van der Waals surface area contributed by atoms with E-state index < -0.39 is 6.10 Å². The molecule has 1 aliphatic carbocycles. The quantitative estimate of drug-likeness (QED) is 0.398. The monoisotopic (exact) mass is 437 g/mol. The van der Waals surface area contributed by atoms with Gasteiger partial charge in [0.2, 0.25) is 0 Å². The molecule has 6 nitrogen and oxygen atoms in total. The molecule has 162 valence electrons. The highest BCUT2D eigenvalue weighted by atomic mass is 32.1. The number of fused-ring (bicyclic) bond motifs is 3. The molecule has 1 atom stereocenters. The molecule has 0 saturated heterocycles. The van der Waals surface area contributed by atoms with Crippen molar-refractivity contribution in [1.82, 2.24) is 14.9 Å². The van der Waals surface area contributed by atoms with E-state index >= 15 is 0 Å². The summed E-state index contributed by atoms with van der Waals surface area (Å²) in [6, 6.07) is 10.0. The summed E-state index contributed by atoms with van der Waals surface area (Å²) in [4.78, 5) is 24.8. The van der Waals surface area contributed by atoms with Crippen LogP contribution in [0.15, 0.2) is 35.1 Å². The molecule has 0 radical (unpaired) electrons. The van der Waals surface area contributed by atoms with Crippen LogP contribution in [0.3, 0.4) is 0 Å². The van der Waals surface area contributed by atoms with Crippen molar-refractivity contribution in [2.75, 3.05) is 19.8 Å². The van der Waals surface area contributed by atoms with Crippen LogP contribution in [0.5, 0.6) is 0 Å². The van der Waals surface area contributed by atoms with Crippen molar-refractivity contribution in [2.45, 2.75) is 44.9 Å². The summed E-state index contributed by atoms with van der Waals surface area (Å²) in [6.07, 6.45) is 8.82. The zero-order valence-electron chi connectivity index (χ0n) is 17.5. The number of aliphatic hydroxyl groups is 1. The van der Waals surface area contributed by atoms with Gasteiger partial charge in [0.05, 0.1) is 24.6 Å². The Morgan fingerprint density at radius 3 is 2.87 bits per heavy atom. The Bertz CT molecular complexity index is 1120. The van der Waals surface area contributed by atoms with E-state index in [1.54, 1.807) is 11.3 Å². The molecule has 1 aliphatic rings. The molecule has 0 aliphatic heterocycles. The molecular weight excluding hydrogens is 410 g/mol. The van der Waals surface area contributed by atoms with Crippen LogP contribution in [-0.4, -0.2) is 45.8 Å². The van der Waals surface area contributed by atoms with Crippen molar-refractivity contribution in [3.05, 3.63) is 62.5 Å². The number of nitrogens with one attached hydrogen (secondary N) is 1. The second kappa shape index (κ2) is 10.2. The van der Waals surface area contributed by atoms with E-state index in [2.05, 4.69) is 15.8 Å². The second-order valence-corrected chi connectivity index (χ2v) is 9.02. The molecule has 0 fully saturated rings. The van der Waals surface area contributed by atoms with Crippen LogP contribution in [0.1, 0.15) is 34.7 Å². The van der Waals surface area contributed by atoms with Crippen molar-refractivity contribution in [2.24, 2.45) is 0 Å². The Balaban J connectivity index is 1.55. The average Bonchev–Trinajstić information content (AvgIpc) is 3.13. The third-order valence-corrected chi connectivity index (χ3v) is 6.65. The van der Waals surface area contributed by atoms with E-state index in [0.29, 0.717) is 25.5 Å². The van der Waals surface area contributed by atoms with E-state index in [-0.39, 0.29) is 18.8 Å². The van der Waals surface area contributed by atoms with Crippen molar-refractivity contribution in [1.29, 1.82) is 0 Å². The fourth-order valence-electron chi connectivity index (χ4n) is 4.13. The number of hydrogen-bond acceptors (Lipinski definition) is 6. The minimum atomic E-state index is -0.693. The highest BCUT2D eigenvalue weighted by molar-refractivity contribution is 7.18. The van der Waals surface area contributed by atoms with Gasteiger partial charge in [-0.15, -0.1) is 17.8 Å². The number of rotatable bonds is 9. The molecule has 0 amide bonds. The minimum Gasteiger partial charge on any atom is -0.389 e. The molecule has 7 heteroatoms. The van der Waals surface area contributed by atoms with Crippen molar-refractivity contribution >= 4 is 21.6 Å². The smallest absolute Gasteiger partial charge is 0.259 e. The predicted octanol–water partition coefficient (Wildman–Crippen LogP) is 2.88. The highest BCUT2D eigenvalue weighted by Crippen LogP contribution is 2.33. The first-order chi connectivity index (χ1) is 15.1. The number of terminal acetylenes is 1. The van der Waals surface area contributed by atoms with Gasteiger partial charge in [-0.2, -0.15) is 0 Å². The highest BCUT2D eigenvalue weighted by Gasteiger charge is 2.21. The van der Waals surface area contributed by atoms with E-state index in [4.69, 9.17) is 16.1 Å². The van der Waals surface area contributed by atoms with Crippen molar-refractivity contribution in [3.63, 3.8) is 0 Å². The first-order valence-electron chi connectivity index (χ1n) is 10.6. The fraction of sp³-hybridized carbons (Fsp3) is 0.417. The first-order valence-corrected chi connectivity index (χ1v) is 11.4. The Morgan fingerprint density at radius 1 is 1.26 bits per heavy atom. The summed E-state index contributed by atoms with van der Waals surface area (Å²) in [6.45, 7) is 1.76. The van der Waals surface area contributed by atoms with Gasteiger partial charge in [0, 0.05) is 18.0 Å². The first kappa shape index (κ1) is 21.7. The van der Waals surface area contributed by atoms with Gasteiger partial charge in [0.15, 0.2) is 0 Å². The van der Waals surface area contributed by atoms with Crippen LogP contribution in [-0.2, 0) is 30.7 Å². The molecule has 2 aromatic heterocycles. The zero-order valence-corrected chi connectivity index (χ0v) is 18.3. The van der Waals surface area contributed by atoms with Crippen LogP contribution < -0.4 is 5.56 Å². The topological polar surface area (TPSA) is 78.5 Å². The SMILES string of the molecule is C#CCOC[C@@H](O)CN(Cc1ccccc1)Cc1nc2sc3c(c2c(=O)[nH]1)CCCC3. The summed E-state index contributed by atoms with van der Waals surface area (Å²) in [7, 11) is 0. The third-order valence-electron chi connectivity index (χ3n) is 5.46. The molecule has 0 unspecified atom stereocenters. The summed E-state index contributed by atoms with van der Waals surface area (Å²) < 4.78 is 5.28. The lowest BCUT2D eigenvalue weighted by Gasteiger charge is -2.24. The maximum atomic E-state index is 12.9.